The largest absolute Gasteiger partial charge is 0.416 e. The lowest BCUT2D eigenvalue weighted by Crippen LogP contribution is -2.14. The van der Waals surface area contributed by atoms with E-state index in [2.05, 4.69) is 5.32 Å². The van der Waals surface area contributed by atoms with E-state index in [4.69, 9.17) is 0 Å². The Bertz CT molecular complexity index is 1210. The molecule has 0 fully saturated rings. The van der Waals surface area contributed by atoms with Gasteiger partial charge in [0.05, 0.1) is 10.5 Å². The number of rotatable bonds is 5. The number of amides is 1. The number of hydrogen-bond acceptors (Lipinski definition) is 4. The maximum absolute atomic E-state index is 12.8. The molecule has 0 bridgehead atoms. The lowest BCUT2D eigenvalue weighted by molar-refractivity contribution is -0.384. The fourth-order valence-corrected chi connectivity index (χ4v) is 2.75. The molecule has 0 spiro atoms. The van der Waals surface area contributed by atoms with Crippen LogP contribution in [-0.2, 0) is 11.0 Å². The molecule has 1 amide bonds. The molecule has 156 valence electrons. The molecule has 0 saturated carbocycles. The Morgan fingerprint density at radius 3 is 2.45 bits per heavy atom. The van der Waals surface area contributed by atoms with Crippen molar-refractivity contribution >= 4 is 23.4 Å². The van der Waals surface area contributed by atoms with Gasteiger partial charge in [0.1, 0.15) is 11.6 Å². The third-order valence-electron chi connectivity index (χ3n) is 4.22. The lowest BCUT2D eigenvalue weighted by Gasteiger charge is -2.10. The Kier molecular flexibility index (Phi) is 5.88. The molecular weight excluding hydrogens is 413 g/mol. The Labute approximate surface area is 173 Å². The van der Waals surface area contributed by atoms with Crippen LogP contribution < -0.4 is 5.32 Å². The van der Waals surface area contributed by atoms with Crippen molar-refractivity contribution in [2.24, 2.45) is 0 Å². The Morgan fingerprint density at radius 1 is 1.13 bits per heavy atom. The van der Waals surface area contributed by atoms with Gasteiger partial charge >= 0.3 is 6.18 Å². The summed E-state index contributed by atoms with van der Waals surface area (Å²) in [6, 6.07) is 14.7. The van der Waals surface area contributed by atoms with E-state index in [9.17, 15) is 33.3 Å². The molecule has 0 saturated heterocycles. The van der Waals surface area contributed by atoms with Crippen molar-refractivity contribution in [2.75, 3.05) is 5.32 Å². The van der Waals surface area contributed by atoms with Gasteiger partial charge in [0.15, 0.2) is 0 Å². The molecule has 0 aliphatic rings. The van der Waals surface area contributed by atoms with Crippen molar-refractivity contribution in [3.63, 3.8) is 0 Å². The molecule has 1 N–H and O–H groups in total. The number of nitrogens with zero attached hydrogens (tertiary/aromatic N) is 3. The number of nitrogens with one attached hydrogen (secondary N) is 1. The van der Waals surface area contributed by atoms with Crippen molar-refractivity contribution in [1.82, 2.24) is 4.57 Å². The van der Waals surface area contributed by atoms with E-state index < -0.39 is 22.6 Å². The van der Waals surface area contributed by atoms with Gasteiger partial charge in [-0.25, -0.2) is 0 Å². The summed E-state index contributed by atoms with van der Waals surface area (Å²) in [5.74, 6) is -0.877. The Hall–Kier alpha value is -4.39. The fraction of sp³-hybridized carbons (Fsp3) is 0.0476. The van der Waals surface area contributed by atoms with Crippen molar-refractivity contribution in [1.29, 1.82) is 5.26 Å². The van der Waals surface area contributed by atoms with E-state index >= 15 is 0 Å². The third-order valence-corrected chi connectivity index (χ3v) is 4.22. The number of benzene rings is 2. The summed E-state index contributed by atoms with van der Waals surface area (Å²) in [4.78, 5) is 22.7. The van der Waals surface area contributed by atoms with Crippen LogP contribution in [0, 0.1) is 21.4 Å². The monoisotopic (exact) mass is 426 g/mol. The van der Waals surface area contributed by atoms with E-state index in [-0.39, 0.29) is 16.9 Å². The summed E-state index contributed by atoms with van der Waals surface area (Å²) in [6.07, 6.45) is -1.67. The number of aromatic nitrogens is 1. The zero-order chi connectivity index (χ0) is 22.6. The second-order valence-corrected chi connectivity index (χ2v) is 6.28. The molecule has 0 unspecified atom stereocenters. The number of nitro benzene ring substituents is 1. The lowest BCUT2D eigenvalue weighted by atomic mass is 10.1. The van der Waals surface area contributed by atoms with Crippen molar-refractivity contribution in [3.8, 4) is 11.8 Å². The molecule has 0 aliphatic heterocycles. The summed E-state index contributed by atoms with van der Waals surface area (Å²) in [6.45, 7) is 0. The molecule has 3 aromatic rings. The molecule has 10 heteroatoms. The van der Waals surface area contributed by atoms with Crippen LogP contribution in [-0.4, -0.2) is 15.4 Å². The summed E-state index contributed by atoms with van der Waals surface area (Å²) < 4.78 is 40.1. The predicted octanol–water partition coefficient (Wildman–Crippen LogP) is 4.95. The van der Waals surface area contributed by atoms with Gasteiger partial charge in [-0.05, 0) is 48.5 Å². The third kappa shape index (κ3) is 4.97. The highest BCUT2D eigenvalue weighted by Gasteiger charge is 2.30. The maximum Gasteiger partial charge on any atom is 0.416 e. The number of alkyl halides is 3. The molecular formula is C21H13F3N4O3. The summed E-state index contributed by atoms with van der Waals surface area (Å²) in [7, 11) is 0. The number of nitro groups is 1. The normalized spacial score (nSPS) is 11.6. The Balaban J connectivity index is 1.86. The zero-order valence-electron chi connectivity index (χ0n) is 15.6. The number of hydrogen-bond donors (Lipinski definition) is 1. The van der Waals surface area contributed by atoms with Crippen molar-refractivity contribution in [2.45, 2.75) is 6.18 Å². The quantitative estimate of drug-likeness (QED) is 0.270. The minimum atomic E-state index is -4.57. The summed E-state index contributed by atoms with van der Waals surface area (Å²) >= 11 is 0. The topological polar surface area (TPSA) is 101 Å². The van der Waals surface area contributed by atoms with E-state index in [0.717, 1.165) is 18.2 Å². The van der Waals surface area contributed by atoms with Gasteiger partial charge in [-0.1, -0.05) is 6.07 Å². The average Bonchev–Trinajstić information content (AvgIpc) is 3.19. The van der Waals surface area contributed by atoms with Gasteiger partial charge in [-0.15, -0.1) is 0 Å². The number of anilines is 1. The highest BCUT2D eigenvalue weighted by molar-refractivity contribution is 6.09. The van der Waals surface area contributed by atoms with E-state index in [0.29, 0.717) is 11.4 Å². The molecule has 3 rings (SSSR count). The first-order valence-electron chi connectivity index (χ1n) is 8.71. The first-order valence-corrected chi connectivity index (χ1v) is 8.71. The Morgan fingerprint density at radius 2 is 1.84 bits per heavy atom. The van der Waals surface area contributed by atoms with Crippen molar-refractivity contribution in [3.05, 3.63) is 93.8 Å². The van der Waals surface area contributed by atoms with Crippen LogP contribution in [0.2, 0.25) is 0 Å². The molecule has 31 heavy (non-hydrogen) atoms. The van der Waals surface area contributed by atoms with Gasteiger partial charge in [0.25, 0.3) is 11.6 Å². The standard InChI is InChI=1S/C21H13F3N4O3/c22-21(23,24)15-3-1-4-16(12-15)26-20(29)14(13-25)11-19-5-2-10-27(19)17-6-8-18(9-7-17)28(30)31/h1-12H,(H,26,29)/b14-11-. The molecule has 0 aliphatic carbocycles. The molecule has 2 aromatic carbocycles. The molecule has 1 aromatic heterocycles. The van der Waals surface area contributed by atoms with Crippen LogP contribution in [0.3, 0.4) is 0 Å². The van der Waals surface area contributed by atoms with E-state index in [1.807, 2.05) is 0 Å². The van der Waals surface area contributed by atoms with Gasteiger partial charge in [-0.2, -0.15) is 18.4 Å². The molecule has 0 atom stereocenters. The summed E-state index contributed by atoms with van der Waals surface area (Å²) in [5, 5.41) is 22.5. The van der Waals surface area contributed by atoms with Crippen LogP contribution in [0.5, 0.6) is 0 Å². The van der Waals surface area contributed by atoms with E-state index in [1.54, 1.807) is 29.0 Å². The van der Waals surface area contributed by atoms with Crippen LogP contribution in [0.15, 0.2) is 72.4 Å². The van der Waals surface area contributed by atoms with Crippen LogP contribution >= 0.6 is 0 Å². The first kappa shape index (κ1) is 21.3. The van der Waals surface area contributed by atoms with Crippen molar-refractivity contribution < 1.29 is 22.9 Å². The van der Waals surface area contributed by atoms with Gasteiger partial charge in [-0.3, -0.25) is 14.9 Å². The molecule has 0 radical (unpaired) electrons. The molecule has 1 heterocycles. The highest BCUT2D eigenvalue weighted by atomic mass is 19.4. The van der Waals surface area contributed by atoms with E-state index in [1.165, 1.54) is 36.4 Å². The number of carbonyl (C=O) groups excluding carboxylic acids is 1. The van der Waals surface area contributed by atoms with Gasteiger partial charge < -0.3 is 9.88 Å². The maximum atomic E-state index is 12.8. The number of non-ortho nitro benzene ring substituents is 1. The van der Waals surface area contributed by atoms with Crippen LogP contribution in [0.4, 0.5) is 24.5 Å². The minimum absolute atomic E-state index is 0.0915. The van der Waals surface area contributed by atoms with Gasteiger partial charge in [0, 0.05) is 35.4 Å². The first-order chi connectivity index (χ1) is 14.7. The molecule has 7 nitrogen and oxygen atoms in total. The number of nitriles is 1. The van der Waals surface area contributed by atoms with Crippen LogP contribution in [0.25, 0.3) is 11.8 Å². The second kappa shape index (κ2) is 8.54. The highest BCUT2D eigenvalue weighted by Crippen LogP contribution is 2.30. The zero-order valence-corrected chi connectivity index (χ0v) is 15.6. The second-order valence-electron chi connectivity index (χ2n) is 6.28. The predicted molar refractivity (Wildman–Crippen MR) is 106 cm³/mol. The average molecular weight is 426 g/mol. The number of halogens is 3. The van der Waals surface area contributed by atoms with Gasteiger partial charge in [0.2, 0.25) is 0 Å². The minimum Gasteiger partial charge on any atom is -0.321 e. The van der Waals surface area contributed by atoms with Crippen LogP contribution in [0.1, 0.15) is 11.3 Å². The SMILES string of the molecule is N#C/C(=C/c1cccn1-c1ccc([N+](=O)[O-])cc1)C(=O)Nc1cccc(C(F)(F)F)c1. The smallest absolute Gasteiger partial charge is 0.321 e. The number of carbonyl (C=O) groups is 1. The fourth-order valence-electron chi connectivity index (χ4n) is 2.75. The summed E-state index contributed by atoms with van der Waals surface area (Å²) in [5.41, 5.74) is -0.487.